The molecule has 0 aliphatic carbocycles. The summed E-state index contributed by atoms with van der Waals surface area (Å²) in [6.07, 6.45) is 0. The summed E-state index contributed by atoms with van der Waals surface area (Å²) >= 11 is 3.22. The molecule has 0 radical (unpaired) electrons. The van der Waals surface area contributed by atoms with Crippen LogP contribution in [0.5, 0.6) is 5.75 Å². The molecule has 0 saturated carbocycles. The largest absolute Gasteiger partial charge is 0.508 e. The first-order valence-electron chi connectivity index (χ1n) is 3.81. The molecule has 3 nitrogen and oxygen atoms in total. The number of nitrogens with zero attached hydrogens (tertiary/aromatic N) is 1. The maximum Gasteiger partial charge on any atom is 0.125 e. The van der Waals surface area contributed by atoms with Crippen LogP contribution in [0.1, 0.15) is 19.4 Å². The van der Waals surface area contributed by atoms with Crippen molar-refractivity contribution in [3.63, 3.8) is 0 Å². The zero-order chi connectivity index (χ0) is 10.1. The van der Waals surface area contributed by atoms with E-state index in [1.165, 1.54) is 0 Å². The number of rotatable bonds is 2. The van der Waals surface area contributed by atoms with E-state index in [2.05, 4.69) is 21.1 Å². The van der Waals surface area contributed by atoms with E-state index in [0.29, 0.717) is 5.56 Å². The van der Waals surface area contributed by atoms with Gasteiger partial charge in [0.15, 0.2) is 0 Å². The summed E-state index contributed by atoms with van der Waals surface area (Å²) in [5.41, 5.74) is -0.351. The molecule has 1 aromatic carbocycles. The number of phenolic OH excluding ortho intramolecular Hbond substituents is 1. The smallest absolute Gasteiger partial charge is 0.125 e. The predicted octanol–water partition coefficient (Wildman–Crippen LogP) is 3.16. The van der Waals surface area contributed by atoms with Crippen molar-refractivity contribution in [1.82, 2.24) is 0 Å². The summed E-state index contributed by atoms with van der Waals surface area (Å²) in [4.78, 5) is 10.5. The Morgan fingerprint density at radius 3 is 2.54 bits per heavy atom. The van der Waals surface area contributed by atoms with Gasteiger partial charge in [0.1, 0.15) is 11.3 Å². The van der Waals surface area contributed by atoms with Crippen molar-refractivity contribution in [3.8, 4) is 5.75 Å². The fourth-order valence-electron chi connectivity index (χ4n) is 1.07. The average molecular weight is 244 g/mol. The molecule has 0 aliphatic rings. The summed E-state index contributed by atoms with van der Waals surface area (Å²) in [5, 5.41) is 12.5. The Morgan fingerprint density at radius 1 is 1.46 bits per heavy atom. The van der Waals surface area contributed by atoms with Crippen LogP contribution in [0.4, 0.5) is 0 Å². The SMILES string of the molecule is CC(C)(N=O)c1ccc(Br)cc1O. The minimum Gasteiger partial charge on any atom is -0.508 e. The lowest BCUT2D eigenvalue weighted by molar-refractivity contribution is 0.440. The van der Waals surface area contributed by atoms with E-state index in [0.717, 1.165) is 4.47 Å². The third kappa shape index (κ3) is 2.06. The van der Waals surface area contributed by atoms with Crippen molar-refractivity contribution in [3.05, 3.63) is 33.1 Å². The van der Waals surface area contributed by atoms with Gasteiger partial charge < -0.3 is 5.11 Å². The summed E-state index contributed by atoms with van der Waals surface area (Å²) in [7, 11) is 0. The lowest BCUT2D eigenvalue weighted by atomic mass is 9.95. The second kappa shape index (κ2) is 3.46. The molecular formula is C9H10BrNO2. The average Bonchev–Trinajstić information content (AvgIpc) is 2.03. The Labute approximate surface area is 84.9 Å². The molecule has 70 valence electrons. The topological polar surface area (TPSA) is 49.7 Å². The van der Waals surface area contributed by atoms with Crippen LogP contribution in [0.15, 0.2) is 27.8 Å². The van der Waals surface area contributed by atoms with Crippen molar-refractivity contribution in [2.75, 3.05) is 0 Å². The molecule has 0 amide bonds. The number of benzene rings is 1. The third-order valence-corrected chi connectivity index (χ3v) is 2.34. The van der Waals surface area contributed by atoms with Gasteiger partial charge in [-0.25, -0.2) is 0 Å². The molecule has 0 fully saturated rings. The molecule has 0 saturated heterocycles. The van der Waals surface area contributed by atoms with Gasteiger partial charge in [0.2, 0.25) is 0 Å². The van der Waals surface area contributed by atoms with Crippen LogP contribution in [0.3, 0.4) is 0 Å². The highest BCUT2D eigenvalue weighted by Gasteiger charge is 2.24. The Morgan fingerprint density at radius 2 is 2.08 bits per heavy atom. The van der Waals surface area contributed by atoms with Gasteiger partial charge in [-0.15, -0.1) is 4.91 Å². The Bertz CT molecular complexity index is 336. The monoisotopic (exact) mass is 243 g/mol. The van der Waals surface area contributed by atoms with Crippen molar-refractivity contribution < 1.29 is 5.11 Å². The number of nitroso groups, excluding NO2 is 1. The quantitative estimate of drug-likeness (QED) is 0.812. The van der Waals surface area contributed by atoms with Crippen molar-refractivity contribution >= 4 is 15.9 Å². The van der Waals surface area contributed by atoms with Gasteiger partial charge in [0.25, 0.3) is 0 Å². The molecule has 1 N–H and O–H groups in total. The Kier molecular flexibility index (Phi) is 2.71. The summed E-state index contributed by atoms with van der Waals surface area (Å²) < 4.78 is 0.774. The van der Waals surface area contributed by atoms with Gasteiger partial charge in [-0.2, -0.15) is 0 Å². The van der Waals surface area contributed by atoms with Gasteiger partial charge in [-0.3, -0.25) is 0 Å². The van der Waals surface area contributed by atoms with Gasteiger partial charge in [-0.1, -0.05) is 27.2 Å². The van der Waals surface area contributed by atoms with Gasteiger partial charge in [0, 0.05) is 10.0 Å². The molecule has 0 atom stereocenters. The Balaban J connectivity index is 3.23. The van der Waals surface area contributed by atoms with Crippen molar-refractivity contribution in [2.24, 2.45) is 5.18 Å². The molecule has 0 spiro atoms. The van der Waals surface area contributed by atoms with Gasteiger partial charge in [0.05, 0.1) is 0 Å². The minimum atomic E-state index is -0.884. The normalized spacial score (nSPS) is 11.3. The zero-order valence-electron chi connectivity index (χ0n) is 7.41. The molecule has 0 aromatic heterocycles. The van der Waals surface area contributed by atoms with Crippen molar-refractivity contribution in [2.45, 2.75) is 19.4 Å². The first kappa shape index (κ1) is 10.2. The second-order valence-corrected chi connectivity index (χ2v) is 4.23. The molecule has 0 heterocycles. The molecule has 0 bridgehead atoms. The van der Waals surface area contributed by atoms with E-state index in [-0.39, 0.29) is 5.75 Å². The van der Waals surface area contributed by atoms with Gasteiger partial charge >= 0.3 is 0 Å². The van der Waals surface area contributed by atoms with E-state index in [4.69, 9.17) is 0 Å². The first-order valence-corrected chi connectivity index (χ1v) is 4.60. The zero-order valence-corrected chi connectivity index (χ0v) is 9.00. The molecular weight excluding hydrogens is 234 g/mol. The van der Waals surface area contributed by atoms with Crippen LogP contribution in [0, 0.1) is 4.91 Å². The van der Waals surface area contributed by atoms with Crippen LogP contribution in [0.2, 0.25) is 0 Å². The lowest BCUT2D eigenvalue weighted by Gasteiger charge is -2.16. The third-order valence-electron chi connectivity index (χ3n) is 1.85. The molecule has 0 unspecified atom stereocenters. The van der Waals surface area contributed by atoms with E-state index >= 15 is 0 Å². The minimum absolute atomic E-state index is 0.0824. The number of aromatic hydroxyl groups is 1. The van der Waals surface area contributed by atoms with E-state index < -0.39 is 5.54 Å². The Hall–Kier alpha value is -0.900. The fraction of sp³-hybridized carbons (Fsp3) is 0.333. The molecule has 1 rings (SSSR count). The highest BCUT2D eigenvalue weighted by molar-refractivity contribution is 9.10. The molecule has 0 aliphatic heterocycles. The van der Waals surface area contributed by atoms with Crippen molar-refractivity contribution in [1.29, 1.82) is 0 Å². The van der Waals surface area contributed by atoms with Crippen LogP contribution >= 0.6 is 15.9 Å². The number of hydrogen-bond acceptors (Lipinski definition) is 3. The summed E-state index contributed by atoms with van der Waals surface area (Å²) in [5.74, 6) is 0.0824. The fourth-order valence-corrected chi connectivity index (χ4v) is 1.42. The van der Waals surface area contributed by atoms with Crippen LogP contribution in [0.25, 0.3) is 0 Å². The molecule has 13 heavy (non-hydrogen) atoms. The van der Waals surface area contributed by atoms with Crippen LogP contribution in [-0.2, 0) is 5.54 Å². The maximum absolute atomic E-state index is 10.5. The van der Waals surface area contributed by atoms with Crippen LogP contribution < -0.4 is 0 Å². The number of hydrogen-bond donors (Lipinski definition) is 1. The lowest BCUT2D eigenvalue weighted by Crippen LogP contribution is -2.12. The standard InChI is InChI=1S/C9H10BrNO2/c1-9(2,11-13)7-4-3-6(10)5-8(7)12/h3-5,12H,1-2H3. The second-order valence-electron chi connectivity index (χ2n) is 3.31. The highest BCUT2D eigenvalue weighted by atomic mass is 79.9. The first-order chi connectivity index (χ1) is 5.97. The maximum atomic E-state index is 10.5. The van der Waals surface area contributed by atoms with Crippen LogP contribution in [-0.4, -0.2) is 5.11 Å². The highest BCUT2D eigenvalue weighted by Crippen LogP contribution is 2.33. The van der Waals surface area contributed by atoms with E-state index in [9.17, 15) is 10.0 Å². The number of halogens is 1. The van der Waals surface area contributed by atoms with E-state index in [1.54, 1.807) is 32.0 Å². The predicted molar refractivity (Wildman–Crippen MR) is 54.6 cm³/mol. The van der Waals surface area contributed by atoms with E-state index in [1.807, 2.05) is 0 Å². The van der Waals surface area contributed by atoms with Gasteiger partial charge in [-0.05, 0) is 26.0 Å². The molecule has 4 heteroatoms. The summed E-state index contributed by atoms with van der Waals surface area (Å²) in [6.45, 7) is 3.31. The summed E-state index contributed by atoms with van der Waals surface area (Å²) in [6, 6.07) is 4.99. The molecule has 1 aromatic rings. The number of phenols is 1.